The van der Waals surface area contributed by atoms with Gasteiger partial charge in [0.25, 0.3) is 0 Å². The maximum atomic E-state index is 5.53. The summed E-state index contributed by atoms with van der Waals surface area (Å²) in [6, 6.07) is 9.96. The Bertz CT molecular complexity index is 150. The second-order valence-corrected chi connectivity index (χ2v) is 1.89. The molecule has 2 heteroatoms. The number of hydrogen-bond donors (Lipinski definition) is 0. The van der Waals surface area contributed by atoms with Crippen LogP contribution < -0.4 is 0 Å². The summed E-state index contributed by atoms with van der Waals surface area (Å²) >= 11 is 5.53. The summed E-state index contributed by atoms with van der Waals surface area (Å²) in [7, 11) is 0. The zero-order valence-electron chi connectivity index (χ0n) is 4.47. The minimum absolute atomic E-state index is 0. The molecule has 1 aromatic rings. The summed E-state index contributed by atoms with van der Waals surface area (Å²) in [4.78, 5) is 0. The molecule has 0 fully saturated rings. The normalized spacial score (nSPS) is 8.11. The Hall–Kier alpha value is 1.15. The molecule has 1 rings (SSSR count). The van der Waals surface area contributed by atoms with Crippen molar-refractivity contribution < 1.29 is 0 Å². The first-order valence-electron chi connectivity index (χ1n) is 2.53. The molecule has 0 amide bonds. The van der Waals surface area contributed by atoms with Crippen molar-refractivity contribution in [2.24, 2.45) is 0 Å². The average Bonchev–Trinajstić information content (AvgIpc) is 1.90. The van der Waals surface area contributed by atoms with Crippen molar-refractivity contribution in [3.05, 3.63) is 35.9 Å². The van der Waals surface area contributed by atoms with E-state index in [-0.39, 0.29) is 51.4 Å². The Kier molecular flexibility index (Phi) is 6.65. The predicted octanol–water partition coefficient (Wildman–Crippen LogP) is 1.78. The van der Waals surface area contributed by atoms with Gasteiger partial charge in [-0.15, -0.1) is 11.6 Å². The van der Waals surface area contributed by atoms with Crippen molar-refractivity contribution >= 4 is 63.0 Å². The standard InChI is InChI=1S/C7H7Cl.K.H/c8-6-7-4-2-1-3-5-7;;/h1-5H,6H2;;. The van der Waals surface area contributed by atoms with E-state index in [2.05, 4.69) is 0 Å². The van der Waals surface area contributed by atoms with Crippen LogP contribution in [0.15, 0.2) is 30.3 Å². The first-order valence-corrected chi connectivity index (χ1v) is 3.07. The van der Waals surface area contributed by atoms with Gasteiger partial charge in [0.15, 0.2) is 0 Å². The van der Waals surface area contributed by atoms with E-state index < -0.39 is 0 Å². The molecule has 9 heavy (non-hydrogen) atoms. The van der Waals surface area contributed by atoms with Crippen LogP contribution in [0.5, 0.6) is 0 Å². The van der Waals surface area contributed by atoms with E-state index in [1.54, 1.807) is 0 Å². The monoisotopic (exact) mass is 166 g/mol. The molecular formula is C7H8ClK. The van der Waals surface area contributed by atoms with E-state index in [4.69, 9.17) is 11.6 Å². The van der Waals surface area contributed by atoms with E-state index >= 15 is 0 Å². The van der Waals surface area contributed by atoms with E-state index in [9.17, 15) is 0 Å². The van der Waals surface area contributed by atoms with Gasteiger partial charge in [0.2, 0.25) is 0 Å². The molecule has 0 heterocycles. The molecule has 0 saturated carbocycles. The molecule has 0 aliphatic rings. The fourth-order valence-corrected chi connectivity index (χ4v) is 0.745. The van der Waals surface area contributed by atoms with Crippen molar-refractivity contribution in [1.29, 1.82) is 0 Å². The van der Waals surface area contributed by atoms with Crippen molar-refractivity contribution in [1.82, 2.24) is 0 Å². The van der Waals surface area contributed by atoms with Crippen LogP contribution in [-0.2, 0) is 5.88 Å². The molecule has 0 nitrogen and oxygen atoms in total. The molecular weight excluding hydrogens is 159 g/mol. The van der Waals surface area contributed by atoms with Gasteiger partial charge in [-0.1, -0.05) is 30.3 Å². The summed E-state index contributed by atoms with van der Waals surface area (Å²) in [6.45, 7) is 0. The first kappa shape index (κ1) is 10.1. The Morgan fingerprint density at radius 2 is 1.67 bits per heavy atom. The van der Waals surface area contributed by atoms with Gasteiger partial charge in [-0.2, -0.15) is 0 Å². The van der Waals surface area contributed by atoms with Crippen molar-refractivity contribution in [3.8, 4) is 0 Å². The van der Waals surface area contributed by atoms with Gasteiger partial charge in [0, 0.05) is 5.88 Å². The second kappa shape index (κ2) is 5.90. The molecule has 0 unspecified atom stereocenters. The predicted molar refractivity (Wildman–Crippen MR) is 43.1 cm³/mol. The summed E-state index contributed by atoms with van der Waals surface area (Å²) in [5.41, 5.74) is 1.18. The van der Waals surface area contributed by atoms with E-state index in [0.717, 1.165) is 0 Å². The van der Waals surface area contributed by atoms with Crippen molar-refractivity contribution in [2.75, 3.05) is 0 Å². The zero-order chi connectivity index (χ0) is 5.82. The van der Waals surface area contributed by atoms with Gasteiger partial charge in [-0.05, 0) is 5.56 Å². The van der Waals surface area contributed by atoms with Crippen molar-refractivity contribution in [2.45, 2.75) is 5.88 Å². The van der Waals surface area contributed by atoms with Gasteiger partial charge >= 0.3 is 51.4 Å². The van der Waals surface area contributed by atoms with Crippen LogP contribution in [0.2, 0.25) is 0 Å². The number of halogens is 1. The third kappa shape index (κ3) is 3.76. The van der Waals surface area contributed by atoms with Crippen molar-refractivity contribution in [3.63, 3.8) is 0 Å². The van der Waals surface area contributed by atoms with Gasteiger partial charge in [0.05, 0.1) is 0 Å². The molecule has 0 N–H and O–H groups in total. The van der Waals surface area contributed by atoms with Crippen LogP contribution in [-0.4, -0.2) is 51.4 Å². The Labute approximate surface area is 103 Å². The summed E-state index contributed by atoms with van der Waals surface area (Å²) in [5, 5.41) is 0. The quantitative estimate of drug-likeness (QED) is 0.441. The molecule has 44 valence electrons. The van der Waals surface area contributed by atoms with Crippen LogP contribution in [0, 0.1) is 0 Å². The average molecular weight is 167 g/mol. The zero-order valence-corrected chi connectivity index (χ0v) is 5.23. The number of alkyl halides is 1. The summed E-state index contributed by atoms with van der Waals surface area (Å²) < 4.78 is 0. The van der Waals surface area contributed by atoms with Crippen LogP contribution in [0.1, 0.15) is 5.56 Å². The second-order valence-electron chi connectivity index (χ2n) is 1.62. The van der Waals surface area contributed by atoms with E-state index in [0.29, 0.717) is 5.88 Å². The van der Waals surface area contributed by atoms with E-state index in [1.165, 1.54) is 5.56 Å². The molecule has 1 aromatic carbocycles. The number of hydrogen-bond acceptors (Lipinski definition) is 0. The van der Waals surface area contributed by atoms with Gasteiger partial charge in [-0.25, -0.2) is 0 Å². The van der Waals surface area contributed by atoms with Crippen LogP contribution in [0.25, 0.3) is 0 Å². The Balaban J connectivity index is 0.000000640. The molecule has 0 aliphatic heterocycles. The molecule has 0 radical (unpaired) electrons. The van der Waals surface area contributed by atoms with Crippen LogP contribution in [0.3, 0.4) is 0 Å². The van der Waals surface area contributed by atoms with Gasteiger partial charge in [0.1, 0.15) is 0 Å². The molecule has 0 atom stereocenters. The summed E-state index contributed by atoms with van der Waals surface area (Å²) in [5.74, 6) is 0.612. The topological polar surface area (TPSA) is 0 Å². The molecule has 0 aliphatic carbocycles. The van der Waals surface area contributed by atoms with Gasteiger partial charge in [-0.3, -0.25) is 0 Å². The molecule has 0 saturated heterocycles. The molecule has 0 aromatic heterocycles. The minimum atomic E-state index is 0. The maximum absolute atomic E-state index is 5.53. The third-order valence-electron chi connectivity index (χ3n) is 0.997. The van der Waals surface area contributed by atoms with Gasteiger partial charge < -0.3 is 0 Å². The third-order valence-corrected chi connectivity index (χ3v) is 1.31. The van der Waals surface area contributed by atoms with Crippen LogP contribution in [0.4, 0.5) is 0 Å². The fraction of sp³-hybridized carbons (Fsp3) is 0.143. The Morgan fingerprint density at radius 1 is 1.11 bits per heavy atom. The first-order chi connectivity index (χ1) is 3.93. The van der Waals surface area contributed by atoms with E-state index in [1.807, 2.05) is 30.3 Å². The summed E-state index contributed by atoms with van der Waals surface area (Å²) in [6.07, 6.45) is 0. The molecule has 0 bridgehead atoms. The number of benzene rings is 1. The number of rotatable bonds is 1. The molecule has 0 spiro atoms. The SMILES string of the molecule is ClCc1ccccc1.[KH]. The van der Waals surface area contributed by atoms with Crippen LogP contribution >= 0.6 is 11.6 Å². The fourth-order valence-electron chi connectivity index (χ4n) is 0.567. The Morgan fingerprint density at radius 3 is 2.00 bits per heavy atom.